The highest BCUT2D eigenvalue weighted by atomic mass is 16.3. The second-order valence-electron chi connectivity index (χ2n) is 5.17. The van der Waals surface area contributed by atoms with Gasteiger partial charge in [0.15, 0.2) is 0 Å². The summed E-state index contributed by atoms with van der Waals surface area (Å²) in [5.74, 6) is -0.172. The number of fused-ring (bicyclic) bond motifs is 1. The van der Waals surface area contributed by atoms with Crippen LogP contribution in [0.15, 0.2) is 48.5 Å². The van der Waals surface area contributed by atoms with E-state index >= 15 is 0 Å². The first-order chi connectivity index (χ1) is 10.3. The van der Waals surface area contributed by atoms with Gasteiger partial charge in [0.2, 0.25) is 0 Å². The van der Waals surface area contributed by atoms with Gasteiger partial charge in [-0.05, 0) is 29.7 Å². The van der Waals surface area contributed by atoms with Gasteiger partial charge < -0.3 is 15.7 Å². The van der Waals surface area contributed by atoms with Crippen molar-refractivity contribution < 1.29 is 9.90 Å². The standard InChI is InChI=1S/C17H18N2O2/c20-11-16(12-4-2-1-3-5-12)19-17(21)14-7-6-13-8-9-18-15(13)10-14/h1-7,10,16,18,20H,8-9,11H2,(H,19,21)/t16-/m1/s1. The van der Waals surface area contributed by atoms with Gasteiger partial charge >= 0.3 is 0 Å². The zero-order valence-corrected chi connectivity index (χ0v) is 11.7. The van der Waals surface area contributed by atoms with Crippen molar-refractivity contribution in [3.63, 3.8) is 0 Å². The molecule has 0 aliphatic carbocycles. The number of benzene rings is 2. The van der Waals surface area contributed by atoms with E-state index in [4.69, 9.17) is 0 Å². The van der Waals surface area contributed by atoms with Crippen LogP contribution in [0.4, 0.5) is 5.69 Å². The molecule has 1 atom stereocenters. The van der Waals surface area contributed by atoms with Crippen molar-refractivity contribution in [2.24, 2.45) is 0 Å². The Morgan fingerprint density at radius 1 is 1.24 bits per heavy atom. The van der Waals surface area contributed by atoms with Gasteiger partial charge in [-0.2, -0.15) is 0 Å². The van der Waals surface area contributed by atoms with E-state index in [1.807, 2.05) is 48.5 Å². The molecule has 0 bridgehead atoms. The molecule has 108 valence electrons. The first kappa shape index (κ1) is 13.6. The second-order valence-corrected chi connectivity index (χ2v) is 5.17. The molecule has 1 aliphatic heterocycles. The van der Waals surface area contributed by atoms with Gasteiger partial charge in [-0.25, -0.2) is 0 Å². The molecule has 1 heterocycles. The lowest BCUT2D eigenvalue weighted by Gasteiger charge is -2.17. The van der Waals surface area contributed by atoms with Crippen LogP contribution in [0.3, 0.4) is 0 Å². The number of aliphatic hydroxyl groups excluding tert-OH is 1. The summed E-state index contributed by atoms with van der Waals surface area (Å²) in [4.78, 5) is 12.3. The smallest absolute Gasteiger partial charge is 0.251 e. The molecular weight excluding hydrogens is 264 g/mol. The van der Waals surface area contributed by atoms with E-state index in [0.29, 0.717) is 5.56 Å². The molecule has 0 spiro atoms. The minimum atomic E-state index is -0.389. The van der Waals surface area contributed by atoms with Crippen molar-refractivity contribution in [2.75, 3.05) is 18.5 Å². The third-order valence-electron chi connectivity index (χ3n) is 3.77. The fraction of sp³-hybridized carbons (Fsp3) is 0.235. The minimum absolute atomic E-state index is 0.126. The molecule has 3 N–H and O–H groups in total. The average Bonchev–Trinajstić information content (AvgIpc) is 3.00. The molecule has 2 aromatic rings. The molecule has 0 fully saturated rings. The van der Waals surface area contributed by atoms with Crippen molar-refractivity contribution in [3.05, 3.63) is 65.2 Å². The highest BCUT2D eigenvalue weighted by Crippen LogP contribution is 2.23. The lowest BCUT2D eigenvalue weighted by atomic mass is 10.1. The van der Waals surface area contributed by atoms with E-state index in [2.05, 4.69) is 10.6 Å². The molecule has 0 radical (unpaired) electrons. The van der Waals surface area contributed by atoms with Gasteiger partial charge in [0.1, 0.15) is 0 Å². The van der Waals surface area contributed by atoms with Crippen LogP contribution < -0.4 is 10.6 Å². The van der Waals surface area contributed by atoms with Crippen LogP contribution >= 0.6 is 0 Å². The molecule has 3 rings (SSSR count). The first-order valence-corrected chi connectivity index (χ1v) is 7.11. The van der Waals surface area contributed by atoms with Crippen LogP contribution in [0.2, 0.25) is 0 Å². The van der Waals surface area contributed by atoms with E-state index < -0.39 is 0 Å². The van der Waals surface area contributed by atoms with Crippen molar-refractivity contribution in [1.82, 2.24) is 5.32 Å². The topological polar surface area (TPSA) is 61.4 Å². The Morgan fingerprint density at radius 3 is 2.81 bits per heavy atom. The first-order valence-electron chi connectivity index (χ1n) is 7.11. The van der Waals surface area contributed by atoms with Gasteiger partial charge in [0.25, 0.3) is 5.91 Å². The normalized spacial score (nSPS) is 14.1. The largest absolute Gasteiger partial charge is 0.394 e. The minimum Gasteiger partial charge on any atom is -0.394 e. The Morgan fingerprint density at radius 2 is 2.05 bits per heavy atom. The van der Waals surface area contributed by atoms with Crippen LogP contribution in [-0.2, 0) is 6.42 Å². The van der Waals surface area contributed by atoms with Crippen LogP contribution in [-0.4, -0.2) is 24.2 Å². The number of carbonyl (C=O) groups excluding carboxylic acids is 1. The average molecular weight is 282 g/mol. The number of carbonyl (C=O) groups is 1. The molecule has 1 aliphatic rings. The fourth-order valence-electron chi connectivity index (χ4n) is 2.59. The third-order valence-corrected chi connectivity index (χ3v) is 3.77. The molecule has 0 unspecified atom stereocenters. The number of nitrogens with one attached hydrogen (secondary N) is 2. The van der Waals surface area contributed by atoms with Crippen molar-refractivity contribution in [1.29, 1.82) is 0 Å². The van der Waals surface area contributed by atoms with E-state index in [0.717, 1.165) is 24.2 Å². The summed E-state index contributed by atoms with van der Waals surface area (Å²) >= 11 is 0. The van der Waals surface area contributed by atoms with Gasteiger partial charge in [-0.3, -0.25) is 4.79 Å². The Labute approximate surface area is 123 Å². The van der Waals surface area contributed by atoms with Crippen molar-refractivity contribution in [2.45, 2.75) is 12.5 Å². The fourth-order valence-corrected chi connectivity index (χ4v) is 2.59. The summed E-state index contributed by atoms with van der Waals surface area (Å²) in [6.07, 6.45) is 1.00. The molecule has 1 amide bonds. The van der Waals surface area contributed by atoms with E-state index in [-0.39, 0.29) is 18.6 Å². The Hall–Kier alpha value is -2.33. The molecular formula is C17H18N2O2. The Balaban J connectivity index is 1.76. The maximum absolute atomic E-state index is 12.3. The second kappa shape index (κ2) is 5.97. The predicted octanol–water partition coefficient (Wildman–Crippen LogP) is 2.12. The van der Waals surface area contributed by atoms with Crippen molar-refractivity contribution >= 4 is 11.6 Å². The van der Waals surface area contributed by atoms with Crippen molar-refractivity contribution in [3.8, 4) is 0 Å². The molecule has 21 heavy (non-hydrogen) atoms. The number of amides is 1. The van der Waals surface area contributed by atoms with E-state index in [1.54, 1.807) is 0 Å². The van der Waals surface area contributed by atoms with Gasteiger partial charge in [0.05, 0.1) is 12.6 Å². The molecule has 4 heteroatoms. The number of hydrogen-bond donors (Lipinski definition) is 3. The highest BCUT2D eigenvalue weighted by Gasteiger charge is 2.17. The third kappa shape index (κ3) is 2.90. The molecule has 2 aromatic carbocycles. The number of aliphatic hydroxyl groups is 1. The van der Waals surface area contributed by atoms with Crippen LogP contribution in [0.25, 0.3) is 0 Å². The monoisotopic (exact) mass is 282 g/mol. The van der Waals surface area contributed by atoms with Gasteiger partial charge in [0, 0.05) is 17.8 Å². The summed E-state index contributed by atoms with van der Waals surface area (Å²) in [6, 6.07) is 14.8. The molecule has 0 saturated heterocycles. The maximum atomic E-state index is 12.3. The molecule has 0 aromatic heterocycles. The predicted molar refractivity (Wildman–Crippen MR) is 82.4 cm³/mol. The number of hydrogen-bond acceptors (Lipinski definition) is 3. The number of anilines is 1. The van der Waals surface area contributed by atoms with Crippen LogP contribution in [0, 0.1) is 0 Å². The summed E-state index contributed by atoms with van der Waals surface area (Å²) in [6.45, 7) is 0.794. The van der Waals surface area contributed by atoms with Gasteiger partial charge in [-0.15, -0.1) is 0 Å². The van der Waals surface area contributed by atoms with E-state index in [9.17, 15) is 9.90 Å². The Bertz CT molecular complexity index is 640. The summed E-state index contributed by atoms with van der Waals surface area (Å²) in [5.41, 5.74) is 3.78. The highest BCUT2D eigenvalue weighted by molar-refractivity contribution is 5.95. The lowest BCUT2D eigenvalue weighted by molar-refractivity contribution is 0.0916. The van der Waals surface area contributed by atoms with Crippen LogP contribution in [0.1, 0.15) is 27.5 Å². The van der Waals surface area contributed by atoms with E-state index in [1.165, 1.54) is 5.56 Å². The zero-order chi connectivity index (χ0) is 14.7. The quantitative estimate of drug-likeness (QED) is 0.805. The summed E-state index contributed by atoms with van der Waals surface area (Å²) < 4.78 is 0. The Kier molecular flexibility index (Phi) is 3.88. The summed E-state index contributed by atoms with van der Waals surface area (Å²) in [7, 11) is 0. The maximum Gasteiger partial charge on any atom is 0.251 e. The SMILES string of the molecule is O=C(N[C@H](CO)c1ccccc1)c1ccc2c(c1)NCC2. The zero-order valence-electron chi connectivity index (χ0n) is 11.7. The van der Waals surface area contributed by atoms with Gasteiger partial charge in [-0.1, -0.05) is 36.4 Å². The lowest BCUT2D eigenvalue weighted by Crippen LogP contribution is -2.30. The number of rotatable bonds is 4. The summed E-state index contributed by atoms with van der Waals surface area (Å²) in [5, 5.41) is 15.6. The molecule has 4 nitrogen and oxygen atoms in total. The molecule has 0 saturated carbocycles. The van der Waals surface area contributed by atoms with Crippen LogP contribution in [0.5, 0.6) is 0 Å².